The molecule has 1 aromatic heterocycles. The number of nitrogens with two attached hydrogens (primary N) is 1. The number of hydrogen-bond donors (Lipinski definition) is 2. The lowest BCUT2D eigenvalue weighted by Gasteiger charge is -2.29. The SMILES string of the molecule is CC(CN1CCOCC1)Nc1nc(N)ns1. The first kappa shape index (κ1) is 11.6. The van der Waals surface area contributed by atoms with Gasteiger partial charge in [0.1, 0.15) is 0 Å². The van der Waals surface area contributed by atoms with Crippen molar-refractivity contribution in [2.75, 3.05) is 43.9 Å². The molecule has 2 heterocycles. The van der Waals surface area contributed by atoms with Gasteiger partial charge in [-0.1, -0.05) is 0 Å². The van der Waals surface area contributed by atoms with Crippen molar-refractivity contribution >= 4 is 22.6 Å². The molecule has 90 valence electrons. The van der Waals surface area contributed by atoms with Crippen LogP contribution in [0.1, 0.15) is 6.92 Å². The maximum atomic E-state index is 5.46. The summed E-state index contributed by atoms with van der Waals surface area (Å²) in [4.78, 5) is 6.46. The molecule has 1 fully saturated rings. The Morgan fingerprint density at radius 1 is 1.56 bits per heavy atom. The molecule has 1 aromatic rings. The van der Waals surface area contributed by atoms with E-state index in [0.717, 1.165) is 38.0 Å². The van der Waals surface area contributed by atoms with Gasteiger partial charge in [0, 0.05) is 37.2 Å². The van der Waals surface area contributed by atoms with Crippen molar-refractivity contribution in [2.45, 2.75) is 13.0 Å². The molecule has 2 rings (SSSR count). The molecule has 1 saturated heterocycles. The summed E-state index contributed by atoms with van der Waals surface area (Å²) in [6.45, 7) is 6.79. The first-order valence-corrected chi connectivity index (χ1v) is 6.17. The fourth-order valence-electron chi connectivity index (χ4n) is 1.72. The van der Waals surface area contributed by atoms with E-state index in [2.05, 4.69) is 26.5 Å². The van der Waals surface area contributed by atoms with Crippen LogP contribution in [0.5, 0.6) is 0 Å². The second-order valence-electron chi connectivity index (χ2n) is 3.92. The van der Waals surface area contributed by atoms with E-state index in [9.17, 15) is 0 Å². The minimum atomic E-state index is 0.338. The predicted molar refractivity (Wildman–Crippen MR) is 64.7 cm³/mol. The summed E-state index contributed by atoms with van der Waals surface area (Å²) in [5.41, 5.74) is 5.46. The van der Waals surface area contributed by atoms with Gasteiger partial charge in [-0.15, -0.1) is 0 Å². The minimum absolute atomic E-state index is 0.338. The molecule has 1 unspecified atom stereocenters. The van der Waals surface area contributed by atoms with Gasteiger partial charge in [0.05, 0.1) is 13.2 Å². The molecule has 0 saturated carbocycles. The van der Waals surface area contributed by atoms with Gasteiger partial charge in [0.25, 0.3) is 0 Å². The normalized spacial score (nSPS) is 19.6. The van der Waals surface area contributed by atoms with E-state index >= 15 is 0 Å². The maximum Gasteiger partial charge on any atom is 0.233 e. The number of rotatable bonds is 4. The lowest BCUT2D eigenvalue weighted by atomic mass is 10.3. The molecule has 0 spiro atoms. The average Bonchev–Trinajstić information content (AvgIpc) is 2.65. The van der Waals surface area contributed by atoms with Crippen LogP contribution in [0.2, 0.25) is 0 Å². The maximum absolute atomic E-state index is 5.46. The van der Waals surface area contributed by atoms with Crippen LogP contribution in [0.3, 0.4) is 0 Å². The quantitative estimate of drug-likeness (QED) is 0.789. The van der Waals surface area contributed by atoms with E-state index in [-0.39, 0.29) is 0 Å². The molecule has 1 aliphatic heterocycles. The van der Waals surface area contributed by atoms with E-state index < -0.39 is 0 Å². The Morgan fingerprint density at radius 3 is 2.94 bits per heavy atom. The second-order valence-corrected chi connectivity index (χ2v) is 4.67. The number of ether oxygens (including phenoxy) is 1. The third-order valence-electron chi connectivity index (χ3n) is 2.45. The summed E-state index contributed by atoms with van der Waals surface area (Å²) >= 11 is 1.30. The van der Waals surface area contributed by atoms with Crippen LogP contribution in [0, 0.1) is 0 Å². The van der Waals surface area contributed by atoms with E-state index in [0.29, 0.717) is 12.0 Å². The molecule has 0 radical (unpaired) electrons. The lowest BCUT2D eigenvalue weighted by molar-refractivity contribution is 0.0368. The first-order chi connectivity index (χ1) is 7.74. The van der Waals surface area contributed by atoms with Crippen molar-refractivity contribution in [3.8, 4) is 0 Å². The van der Waals surface area contributed by atoms with Gasteiger partial charge in [-0.25, -0.2) is 0 Å². The molecule has 0 aliphatic carbocycles. The zero-order valence-corrected chi connectivity index (χ0v) is 10.2. The summed E-state index contributed by atoms with van der Waals surface area (Å²) < 4.78 is 9.23. The number of hydrogen-bond acceptors (Lipinski definition) is 7. The number of anilines is 2. The van der Waals surface area contributed by atoms with E-state index in [1.165, 1.54) is 11.5 Å². The molecular weight excluding hydrogens is 226 g/mol. The van der Waals surface area contributed by atoms with Crippen molar-refractivity contribution in [3.05, 3.63) is 0 Å². The van der Waals surface area contributed by atoms with Crippen LogP contribution >= 0.6 is 11.5 Å². The van der Waals surface area contributed by atoms with Crippen molar-refractivity contribution in [2.24, 2.45) is 0 Å². The third-order valence-corrected chi connectivity index (χ3v) is 3.11. The summed E-state index contributed by atoms with van der Waals surface area (Å²) in [6, 6.07) is 0.338. The summed E-state index contributed by atoms with van der Waals surface area (Å²) in [5, 5.41) is 4.08. The predicted octanol–water partition coefficient (Wildman–Crippen LogP) is 0.253. The van der Waals surface area contributed by atoms with Crippen molar-refractivity contribution in [1.29, 1.82) is 0 Å². The minimum Gasteiger partial charge on any atom is -0.379 e. The van der Waals surface area contributed by atoms with Crippen LogP contribution in [0.4, 0.5) is 11.1 Å². The largest absolute Gasteiger partial charge is 0.379 e. The number of nitrogens with one attached hydrogen (secondary N) is 1. The highest BCUT2D eigenvalue weighted by atomic mass is 32.1. The number of morpholine rings is 1. The smallest absolute Gasteiger partial charge is 0.233 e. The average molecular weight is 243 g/mol. The van der Waals surface area contributed by atoms with Gasteiger partial charge in [-0.05, 0) is 6.92 Å². The van der Waals surface area contributed by atoms with Crippen molar-refractivity contribution < 1.29 is 4.74 Å². The molecular formula is C9H17N5OS. The molecule has 0 aromatic carbocycles. The van der Waals surface area contributed by atoms with Crippen LogP contribution in [0.25, 0.3) is 0 Å². The lowest BCUT2D eigenvalue weighted by Crippen LogP contribution is -2.42. The molecule has 7 heteroatoms. The zero-order valence-electron chi connectivity index (χ0n) is 9.35. The van der Waals surface area contributed by atoms with Gasteiger partial charge < -0.3 is 15.8 Å². The van der Waals surface area contributed by atoms with Crippen LogP contribution in [-0.4, -0.2) is 53.1 Å². The highest BCUT2D eigenvalue weighted by Crippen LogP contribution is 2.13. The van der Waals surface area contributed by atoms with Crippen molar-refractivity contribution in [3.63, 3.8) is 0 Å². The first-order valence-electron chi connectivity index (χ1n) is 5.40. The summed E-state index contributed by atoms with van der Waals surface area (Å²) in [5.74, 6) is 0.339. The van der Waals surface area contributed by atoms with Gasteiger partial charge in [-0.2, -0.15) is 9.36 Å². The fourth-order valence-corrected chi connectivity index (χ4v) is 2.33. The van der Waals surface area contributed by atoms with E-state index in [1.807, 2.05) is 0 Å². The van der Waals surface area contributed by atoms with Crippen molar-refractivity contribution in [1.82, 2.24) is 14.3 Å². The summed E-state index contributed by atoms with van der Waals surface area (Å²) in [7, 11) is 0. The highest BCUT2D eigenvalue weighted by molar-refractivity contribution is 7.09. The van der Waals surface area contributed by atoms with Gasteiger partial charge in [0.15, 0.2) is 0 Å². The Balaban J connectivity index is 1.77. The molecule has 6 nitrogen and oxygen atoms in total. The molecule has 0 bridgehead atoms. The molecule has 1 atom stereocenters. The Morgan fingerprint density at radius 2 is 2.31 bits per heavy atom. The fraction of sp³-hybridized carbons (Fsp3) is 0.778. The van der Waals surface area contributed by atoms with E-state index in [1.54, 1.807) is 0 Å². The Kier molecular flexibility index (Phi) is 3.92. The Hall–Kier alpha value is -0.920. The second kappa shape index (κ2) is 5.42. The van der Waals surface area contributed by atoms with Gasteiger partial charge in [-0.3, -0.25) is 4.90 Å². The van der Waals surface area contributed by atoms with Gasteiger partial charge in [0.2, 0.25) is 11.1 Å². The Labute approximate surface area is 99.0 Å². The molecule has 3 N–H and O–H groups in total. The topological polar surface area (TPSA) is 76.3 Å². The number of nitrogens with zero attached hydrogens (tertiary/aromatic N) is 3. The zero-order chi connectivity index (χ0) is 11.4. The number of nitrogen functional groups attached to an aromatic ring is 1. The van der Waals surface area contributed by atoms with Crippen LogP contribution in [0.15, 0.2) is 0 Å². The van der Waals surface area contributed by atoms with Gasteiger partial charge >= 0.3 is 0 Å². The monoisotopic (exact) mass is 243 g/mol. The third kappa shape index (κ3) is 3.29. The van der Waals surface area contributed by atoms with Crippen LogP contribution < -0.4 is 11.1 Å². The molecule has 1 aliphatic rings. The highest BCUT2D eigenvalue weighted by Gasteiger charge is 2.14. The standard InChI is InChI=1S/C9H17N5OS/c1-7(6-14-2-4-15-5-3-14)11-9-12-8(10)13-16-9/h7H,2-6H2,1H3,(H3,10,11,12,13). The molecule has 0 amide bonds. The van der Waals surface area contributed by atoms with Crippen LogP contribution in [-0.2, 0) is 4.74 Å². The summed E-state index contributed by atoms with van der Waals surface area (Å²) in [6.07, 6.45) is 0. The Bertz CT molecular complexity index is 325. The van der Waals surface area contributed by atoms with E-state index in [4.69, 9.17) is 10.5 Å². The number of aromatic nitrogens is 2. The molecule has 16 heavy (non-hydrogen) atoms.